The Hall–Kier alpha value is -2.70. The molecule has 0 bridgehead atoms. The highest BCUT2D eigenvalue weighted by molar-refractivity contribution is 5.93. The molecule has 140 valence electrons. The van der Waals surface area contributed by atoms with Crippen LogP contribution in [0.15, 0.2) is 60.7 Å². The second-order valence-corrected chi connectivity index (χ2v) is 7.14. The van der Waals surface area contributed by atoms with Gasteiger partial charge in [-0.2, -0.15) is 0 Å². The Morgan fingerprint density at radius 3 is 2.30 bits per heavy atom. The van der Waals surface area contributed by atoms with E-state index in [1.807, 2.05) is 65.6 Å². The molecule has 6 nitrogen and oxygen atoms in total. The summed E-state index contributed by atoms with van der Waals surface area (Å²) < 4.78 is 0. The maximum Gasteiger partial charge on any atom is 0.320 e. The molecular formula is C21H22N2O4. The molecule has 1 spiro atoms. The zero-order valence-corrected chi connectivity index (χ0v) is 15.0. The van der Waals surface area contributed by atoms with Crippen molar-refractivity contribution in [3.8, 4) is 0 Å². The van der Waals surface area contributed by atoms with Crippen molar-refractivity contribution in [3.63, 3.8) is 0 Å². The number of rotatable bonds is 6. The monoisotopic (exact) mass is 366 g/mol. The van der Waals surface area contributed by atoms with Crippen LogP contribution in [0.4, 0.5) is 0 Å². The first-order chi connectivity index (χ1) is 13.1. The van der Waals surface area contributed by atoms with Gasteiger partial charge in [0.05, 0.1) is 6.54 Å². The Bertz CT molecular complexity index is 827. The Balaban J connectivity index is 1.47. The number of carboxylic acid groups (broad SMARTS) is 1. The van der Waals surface area contributed by atoms with Crippen LogP contribution < -0.4 is 0 Å². The third kappa shape index (κ3) is 3.22. The standard InChI is InChI=1S/C21H22N2O4/c24-19(25)18-11-12-21(22(18)13-16-7-3-1-4-8-16)15-23(20(21)26)27-14-17-9-5-2-6-10-17/h1-10,18H,11-15H2,(H,24,25). The van der Waals surface area contributed by atoms with Gasteiger partial charge in [-0.1, -0.05) is 60.7 Å². The number of nitrogens with zero attached hydrogens (tertiary/aromatic N) is 2. The maximum absolute atomic E-state index is 12.9. The number of hydrogen-bond donors (Lipinski definition) is 1. The van der Waals surface area contributed by atoms with Gasteiger partial charge in [-0.3, -0.25) is 19.3 Å². The molecule has 0 saturated carbocycles. The molecule has 27 heavy (non-hydrogen) atoms. The van der Waals surface area contributed by atoms with Crippen LogP contribution in [0, 0.1) is 0 Å². The number of benzene rings is 2. The molecule has 2 atom stereocenters. The molecule has 2 unspecified atom stereocenters. The molecular weight excluding hydrogens is 344 g/mol. The predicted octanol–water partition coefficient (Wildman–Crippen LogP) is 2.45. The van der Waals surface area contributed by atoms with Crippen molar-refractivity contribution < 1.29 is 19.5 Å². The van der Waals surface area contributed by atoms with E-state index in [-0.39, 0.29) is 5.91 Å². The van der Waals surface area contributed by atoms with E-state index in [0.717, 1.165) is 11.1 Å². The highest BCUT2D eigenvalue weighted by Crippen LogP contribution is 2.43. The second kappa shape index (κ2) is 7.13. The van der Waals surface area contributed by atoms with E-state index >= 15 is 0 Å². The lowest BCUT2D eigenvalue weighted by Gasteiger charge is -2.50. The number of carboxylic acids is 1. The summed E-state index contributed by atoms with van der Waals surface area (Å²) in [7, 11) is 0. The van der Waals surface area contributed by atoms with E-state index in [2.05, 4.69) is 0 Å². The maximum atomic E-state index is 12.9. The van der Waals surface area contributed by atoms with Crippen molar-refractivity contribution in [2.45, 2.75) is 37.6 Å². The van der Waals surface area contributed by atoms with Crippen molar-refractivity contribution in [1.82, 2.24) is 9.96 Å². The Morgan fingerprint density at radius 1 is 1.07 bits per heavy atom. The number of carbonyl (C=O) groups excluding carboxylic acids is 1. The fourth-order valence-corrected chi connectivity index (χ4v) is 4.02. The van der Waals surface area contributed by atoms with Gasteiger partial charge in [0.1, 0.15) is 18.2 Å². The summed E-state index contributed by atoms with van der Waals surface area (Å²) in [5, 5.41) is 11.0. The van der Waals surface area contributed by atoms with Gasteiger partial charge in [0.15, 0.2) is 0 Å². The van der Waals surface area contributed by atoms with Gasteiger partial charge in [0.25, 0.3) is 5.91 Å². The lowest BCUT2D eigenvalue weighted by Crippen LogP contribution is -2.72. The summed E-state index contributed by atoms with van der Waals surface area (Å²) >= 11 is 0. The van der Waals surface area contributed by atoms with Gasteiger partial charge < -0.3 is 5.11 Å². The van der Waals surface area contributed by atoms with Crippen molar-refractivity contribution >= 4 is 11.9 Å². The van der Waals surface area contributed by atoms with Gasteiger partial charge >= 0.3 is 5.97 Å². The third-order valence-electron chi connectivity index (χ3n) is 5.50. The molecule has 1 amide bonds. The van der Waals surface area contributed by atoms with Crippen LogP contribution in [0.25, 0.3) is 0 Å². The SMILES string of the molecule is O=C(O)C1CCC2(CN(OCc3ccccc3)C2=O)N1Cc1ccccc1. The van der Waals surface area contributed by atoms with E-state index in [9.17, 15) is 14.7 Å². The average molecular weight is 366 g/mol. The van der Waals surface area contributed by atoms with E-state index in [0.29, 0.717) is 32.5 Å². The van der Waals surface area contributed by atoms with Gasteiger partial charge in [-0.05, 0) is 24.0 Å². The van der Waals surface area contributed by atoms with E-state index < -0.39 is 17.6 Å². The van der Waals surface area contributed by atoms with Crippen LogP contribution >= 0.6 is 0 Å². The highest BCUT2D eigenvalue weighted by Gasteiger charge is 2.62. The fraction of sp³-hybridized carbons (Fsp3) is 0.333. The molecule has 2 saturated heterocycles. The van der Waals surface area contributed by atoms with Crippen LogP contribution in [0.3, 0.4) is 0 Å². The zero-order chi connectivity index (χ0) is 18.9. The molecule has 2 aliphatic rings. The van der Waals surface area contributed by atoms with Crippen molar-refractivity contribution in [1.29, 1.82) is 0 Å². The van der Waals surface area contributed by atoms with Crippen molar-refractivity contribution in [2.24, 2.45) is 0 Å². The zero-order valence-electron chi connectivity index (χ0n) is 15.0. The first-order valence-corrected chi connectivity index (χ1v) is 9.12. The Labute approximate surface area is 157 Å². The first-order valence-electron chi connectivity index (χ1n) is 9.12. The average Bonchev–Trinajstić information content (AvgIpc) is 3.07. The molecule has 2 aliphatic heterocycles. The highest BCUT2D eigenvalue weighted by atomic mass is 16.7. The molecule has 2 aromatic carbocycles. The molecule has 6 heteroatoms. The number of β-lactam (4-membered cyclic amide) rings is 1. The molecule has 0 aliphatic carbocycles. The summed E-state index contributed by atoms with van der Waals surface area (Å²) in [5.41, 5.74) is 1.22. The van der Waals surface area contributed by atoms with Crippen LogP contribution in [0.2, 0.25) is 0 Å². The quantitative estimate of drug-likeness (QED) is 0.796. The summed E-state index contributed by atoms with van der Waals surface area (Å²) in [6.07, 6.45) is 1.02. The molecule has 2 heterocycles. The molecule has 1 N–H and O–H groups in total. The molecule has 4 rings (SSSR count). The van der Waals surface area contributed by atoms with Gasteiger partial charge in [0.2, 0.25) is 0 Å². The van der Waals surface area contributed by atoms with E-state index in [1.165, 1.54) is 5.06 Å². The van der Waals surface area contributed by atoms with Gasteiger partial charge in [-0.25, -0.2) is 5.06 Å². The summed E-state index contributed by atoms with van der Waals surface area (Å²) in [5.74, 6) is -1.02. The molecule has 2 fully saturated rings. The number of likely N-dealkylation sites (tertiary alicyclic amines) is 1. The van der Waals surface area contributed by atoms with Crippen LogP contribution in [0.1, 0.15) is 24.0 Å². The van der Waals surface area contributed by atoms with Crippen LogP contribution in [0.5, 0.6) is 0 Å². The summed E-state index contributed by atoms with van der Waals surface area (Å²) in [6.45, 7) is 1.16. The second-order valence-electron chi connectivity index (χ2n) is 7.14. The number of amides is 1. The smallest absolute Gasteiger partial charge is 0.320 e. The largest absolute Gasteiger partial charge is 0.480 e. The molecule has 2 aromatic rings. The number of hydroxylamine groups is 2. The van der Waals surface area contributed by atoms with E-state index in [1.54, 1.807) is 0 Å². The fourth-order valence-electron chi connectivity index (χ4n) is 4.02. The third-order valence-corrected chi connectivity index (χ3v) is 5.50. The van der Waals surface area contributed by atoms with Crippen molar-refractivity contribution in [2.75, 3.05) is 6.54 Å². The number of carbonyl (C=O) groups is 2. The topological polar surface area (TPSA) is 70.1 Å². The van der Waals surface area contributed by atoms with Crippen LogP contribution in [-0.2, 0) is 27.6 Å². The minimum atomic E-state index is -0.876. The predicted molar refractivity (Wildman–Crippen MR) is 98.3 cm³/mol. The normalized spacial score (nSPS) is 25.0. The minimum absolute atomic E-state index is 0.141. The Morgan fingerprint density at radius 2 is 1.70 bits per heavy atom. The first kappa shape index (κ1) is 17.7. The Kier molecular flexibility index (Phi) is 4.68. The lowest BCUT2D eigenvalue weighted by atomic mass is 9.87. The minimum Gasteiger partial charge on any atom is -0.480 e. The summed E-state index contributed by atoms with van der Waals surface area (Å²) in [6, 6.07) is 18.7. The molecule has 0 radical (unpaired) electrons. The van der Waals surface area contributed by atoms with Crippen molar-refractivity contribution in [3.05, 3.63) is 71.8 Å². The number of aliphatic carboxylic acids is 1. The number of hydrogen-bond acceptors (Lipinski definition) is 4. The lowest BCUT2D eigenvalue weighted by molar-refractivity contribution is -0.244. The molecule has 0 aromatic heterocycles. The summed E-state index contributed by atoms with van der Waals surface area (Å²) in [4.78, 5) is 32.2. The van der Waals surface area contributed by atoms with Gasteiger partial charge in [0, 0.05) is 6.54 Å². The van der Waals surface area contributed by atoms with E-state index in [4.69, 9.17) is 4.84 Å². The van der Waals surface area contributed by atoms with Crippen LogP contribution in [-0.4, -0.2) is 45.1 Å². The van der Waals surface area contributed by atoms with Gasteiger partial charge in [-0.15, -0.1) is 0 Å².